The highest BCUT2D eigenvalue weighted by molar-refractivity contribution is 5.92. The van der Waals surface area contributed by atoms with Gasteiger partial charge in [-0.1, -0.05) is 18.2 Å². The lowest BCUT2D eigenvalue weighted by molar-refractivity contribution is -0.117. The van der Waals surface area contributed by atoms with Gasteiger partial charge in [0.15, 0.2) is 0 Å². The number of benzene rings is 2. The van der Waals surface area contributed by atoms with E-state index in [1.54, 1.807) is 36.2 Å². The number of hydrogen-bond donors (Lipinski definition) is 1. The van der Waals surface area contributed by atoms with E-state index in [-0.39, 0.29) is 23.9 Å². The molecule has 0 unspecified atom stereocenters. The second kappa shape index (κ2) is 8.42. The fraction of sp³-hybridized carbons (Fsp3) is 0.250. The number of amides is 1. The van der Waals surface area contributed by atoms with Crippen LogP contribution in [0.3, 0.4) is 0 Å². The van der Waals surface area contributed by atoms with Gasteiger partial charge in [-0.2, -0.15) is 10.2 Å². The summed E-state index contributed by atoms with van der Waals surface area (Å²) in [6.45, 7) is -0.232. The summed E-state index contributed by atoms with van der Waals surface area (Å²) in [6, 6.07) is 14.5. The van der Waals surface area contributed by atoms with Gasteiger partial charge in [-0.3, -0.25) is 9.59 Å². The maximum atomic E-state index is 13.4. The van der Waals surface area contributed by atoms with Crippen molar-refractivity contribution in [2.24, 2.45) is 0 Å². The summed E-state index contributed by atoms with van der Waals surface area (Å²) in [5.74, 6) is 0.952. The third-order valence-corrected chi connectivity index (χ3v) is 5.65. The van der Waals surface area contributed by atoms with Crippen LogP contribution in [-0.4, -0.2) is 39.7 Å². The van der Waals surface area contributed by atoms with E-state index in [0.29, 0.717) is 22.7 Å². The zero-order chi connectivity index (χ0) is 22.9. The molecule has 0 bridgehead atoms. The molecule has 33 heavy (non-hydrogen) atoms. The lowest BCUT2D eigenvalue weighted by atomic mass is 10.2. The molecule has 168 valence electrons. The van der Waals surface area contributed by atoms with Gasteiger partial charge in [0.2, 0.25) is 5.91 Å². The van der Waals surface area contributed by atoms with Gasteiger partial charge in [0.1, 0.15) is 23.6 Å². The highest BCUT2D eigenvalue weighted by Gasteiger charge is 2.30. The van der Waals surface area contributed by atoms with Crippen molar-refractivity contribution in [3.05, 3.63) is 70.8 Å². The normalized spacial score (nSPS) is 13.2. The fourth-order valence-electron chi connectivity index (χ4n) is 3.85. The van der Waals surface area contributed by atoms with E-state index in [1.807, 2.05) is 30.3 Å². The fourth-order valence-corrected chi connectivity index (χ4v) is 3.85. The highest BCUT2D eigenvalue weighted by Crippen LogP contribution is 2.41. The summed E-state index contributed by atoms with van der Waals surface area (Å²) in [5, 5.41) is 12.6. The van der Waals surface area contributed by atoms with E-state index in [1.165, 1.54) is 11.8 Å². The molecule has 9 heteroatoms. The smallest absolute Gasteiger partial charge is 0.293 e. The topological polar surface area (TPSA) is 100 Å². The molecule has 9 nitrogen and oxygen atoms in total. The van der Waals surface area contributed by atoms with Gasteiger partial charge >= 0.3 is 0 Å². The van der Waals surface area contributed by atoms with E-state index in [9.17, 15) is 9.59 Å². The summed E-state index contributed by atoms with van der Waals surface area (Å²) in [4.78, 5) is 26.3. The first-order chi connectivity index (χ1) is 16.1. The number of carbonyl (C=O) groups excluding carboxylic acids is 1. The van der Waals surface area contributed by atoms with Crippen LogP contribution < -0.4 is 20.3 Å². The standard InChI is InChI=1S/C24H23N5O4/c1-32-17-10-11-19(20(12-17)33-2)26-21(30)14-28-24(31)23-18(22(27-28)15-8-9-15)13-25-29(23)16-6-4-3-5-7-16/h3-7,10-13,15H,8-9,14H2,1-2H3,(H,26,30). The number of rotatable bonds is 7. The van der Waals surface area contributed by atoms with Gasteiger partial charge in [-0.25, -0.2) is 9.36 Å². The number of aromatic nitrogens is 4. The SMILES string of the molecule is COc1ccc(NC(=O)Cn2nc(C3CC3)c3cnn(-c4ccccc4)c3c2=O)c(OC)c1. The van der Waals surface area contributed by atoms with Crippen LogP contribution in [0.1, 0.15) is 24.5 Å². The summed E-state index contributed by atoms with van der Waals surface area (Å²) < 4.78 is 13.4. The van der Waals surface area contributed by atoms with E-state index < -0.39 is 0 Å². The molecule has 1 aliphatic carbocycles. The Morgan fingerprint density at radius 2 is 1.91 bits per heavy atom. The number of ether oxygens (including phenoxy) is 2. The third-order valence-electron chi connectivity index (χ3n) is 5.65. The van der Waals surface area contributed by atoms with E-state index in [2.05, 4.69) is 15.5 Å². The maximum Gasteiger partial charge on any atom is 0.293 e. The first-order valence-electron chi connectivity index (χ1n) is 10.6. The molecule has 1 fully saturated rings. The molecule has 0 atom stereocenters. The second-order valence-corrected chi connectivity index (χ2v) is 7.89. The molecular weight excluding hydrogens is 422 g/mol. The Morgan fingerprint density at radius 1 is 1.12 bits per heavy atom. The number of hydrogen-bond acceptors (Lipinski definition) is 6. The Hall–Kier alpha value is -4.14. The molecular formula is C24H23N5O4. The van der Waals surface area contributed by atoms with Gasteiger partial charge in [-0.15, -0.1) is 0 Å². The molecule has 1 saturated carbocycles. The zero-order valence-corrected chi connectivity index (χ0v) is 18.3. The lowest BCUT2D eigenvalue weighted by Crippen LogP contribution is -2.31. The Morgan fingerprint density at radius 3 is 2.61 bits per heavy atom. The number of anilines is 1. The predicted octanol–water partition coefficient (Wildman–Crippen LogP) is 3.12. The van der Waals surface area contributed by atoms with Crippen molar-refractivity contribution in [1.82, 2.24) is 19.6 Å². The Bertz CT molecular complexity index is 1390. The Labute approximate surface area is 189 Å². The van der Waals surface area contributed by atoms with Crippen LogP contribution in [-0.2, 0) is 11.3 Å². The van der Waals surface area contributed by atoms with Crippen molar-refractivity contribution < 1.29 is 14.3 Å². The summed E-state index contributed by atoms with van der Waals surface area (Å²) >= 11 is 0. The van der Waals surface area contributed by atoms with Crippen molar-refractivity contribution in [3.8, 4) is 17.2 Å². The van der Waals surface area contributed by atoms with Gasteiger partial charge < -0.3 is 14.8 Å². The number of fused-ring (bicyclic) bond motifs is 1. The van der Waals surface area contributed by atoms with Gasteiger partial charge in [-0.05, 0) is 37.1 Å². The highest BCUT2D eigenvalue weighted by atomic mass is 16.5. The predicted molar refractivity (Wildman–Crippen MR) is 123 cm³/mol. The molecule has 0 aliphatic heterocycles. The van der Waals surface area contributed by atoms with Crippen molar-refractivity contribution in [2.45, 2.75) is 25.3 Å². The van der Waals surface area contributed by atoms with Crippen LogP contribution in [0.15, 0.2) is 59.5 Å². The van der Waals surface area contributed by atoms with Crippen molar-refractivity contribution >= 4 is 22.5 Å². The van der Waals surface area contributed by atoms with E-state index in [4.69, 9.17) is 9.47 Å². The van der Waals surface area contributed by atoms with E-state index in [0.717, 1.165) is 29.6 Å². The maximum absolute atomic E-state index is 13.4. The monoisotopic (exact) mass is 445 g/mol. The van der Waals surface area contributed by atoms with Crippen molar-refractivity contribution in [3.63, 3.8) is 0 Å². The molecule has 2 aromatic heterocycles. The number of para-hydroxylation sites is 1. The molecule has 0 saturated heterocycles. The van der Waals surface area contributed by atoms with Crippen LogP contribution in [0.4, 0.5) is 5.69 Å². The molecule has 2 aromatic carbocycles. The van der Waals surface area contributed by atoms with E-state index >= 15 is 0 Å². The molecule has 1 amide bonds. The van der Waals surface area contributed by atoms with Gasteiger partial charge in [0.25, 0.3) is 5.56 Å². The van der Waals surface area contributed by atoms with Gasteiger partial charge in [0, 0.05) is 17.4 Å². The van der Waals surface area contributed by atoms with Crippen LogP contribution in [0.5, 0.6) is 11.5 Å². The van der Waals surface area contributed by atoms with Crippen LogP contribution >= 0.6 is 0 Å². The van der Waals surface area contributed by atoms with Gasteiger partial charge in [0.05, 0.1) is 37.5 Å². The molecule has 5 rings (SSSR count). The van der Waals surface area contributed by atoms with Crippen molar-refractivity contribution in [1.29, 1.82) is 0 Å². The van der Waals surface area contributed by atoms with Crippen molar-refractivity contribution in [2.75, 3.05) is 19.5 Å². The number of carbonyl (C=O) groups is 1. The molecule has 1 N–H and O–H groups in total. The number of nitrogens with one attached hydrogen (secondary N) is 1. The van der Waals surface area contributed by atoms with Crippen LogP contribution in [0.25, 0.3) is 16.6 Å². The molecule has 1 aliphatic rings. The third kappa shape index (κ3) is 3.93. The second-order valence-electron chi connectivity index (χ2n) is 7.89. The molecule has 4 aromatic rings. The first kappa shape index (κ1) is 20.7. The molecule has 2 heterocycles. The zero-order valence-electron chi connectivity index (χ0n) is 18.3. The first-order valence-corrected chi connectivity index (χ1v) is 10.6. The minimum atomic E-state index is -0.389. The average Bonchev–Trinajstić information content (AvgIpc) is 3.59. The number of nitrogens with zero attached hydrogens (tertiary/aromatic N) is 4. The number of methoxy groups -OCH3 is 2. The average molecular weight is 445 g/mol. The minimum Gasteiger partial charge on any atom is -0.497 e. The lowest BCUT2D eigenvalue weighted by Gasteiger charge is -2.13. The summed E-state index contributed by atoms with van der Waals surface area (Å²) in [7, 11) is 3.07. The Kier molecular flexibility index (Phi) is 5.29. The van der Waals surface area contributed by atoms with Crippen LogP contribution in [0, 0.1) is 0 Å². The molecule has 0 radical (unpaired) electrons. The van der Waals surface area contributed by atoms with Crippen LogP contribution in [0.2, 0.25) is 0 Å². The molecule has 0 spiro atoms. The minimum absolute atomic E-state index is 0.232. The largest absolute Gasteiger partial charge is 0.497 e. The summed E-state index contributed by atoms with van der Waals surface area (Å²) in [6.07, 6.45) is 3.70. The summed E-state index contributed by atoms with van der Waals surface area (Å²) in [5.41, 5.74) is 2.12. The Balaban J connectivity index is 1.51. The quantitative estimate of drug-likeness (QED) is 0.469.